The number of hydrogen-bond donors (Lipinski definition) is 3. The molecule has 1 aromatic carbocycles. The van der Waals surface area contributed by atoms with Crippen LogP contribution in [0.3, 0.4) is 0 Å². The summed E-state index contributed by atoms with van der Waals surface area (Å²) in [4.78, 5) is 16.7. The molecule has 0 saturated carbocycles. The second-order valence-electron chi connectivity index (χ2n) is 5.91. The van der Waals surface area contributed by atoms with E-state index in [1.807, 2.05) is 30.3 Å². The maximum Gasteiger partial charge on any atom is 0.272 e. The highest BCUT2D eigenvalue weighted by Gasteiger charge is 2.21. The van der Waals surface area contributed by atoms with Crippen LogP contribution in [0, 0.1) is 0 Å². The zero-order valence-corrected chi connectivity index (χ0v) is 13.6. The number of H-pyrrole nitrogens is 1. The topological polar surface area (TPSA) is 109 Å². The van der Waals surface area contributed by atoms with Crippen LogP contribution in [0.5, 0.6) is 0 Å². The lowest BCUT2D eigenvalue weighted by Gasteiger charge is -2.12. The Morgan fingerprint density at radius 1 is 1.28 bits per heavy atom. The molecule has 0 saturated heterocycles. The van der Waals surface area contributed by atoms with Crippen LogP contribution in [0.2, 0.25) is 0 Å². The van der Waals surface area contributed by atoms with Crippen LogP contribution in [0.4, 0.5) is 0 Å². The Balaban J connectivity index is 1.37. The highest BCUT2D eigenvalue weighted by molar-refractivity contribution is 5.93. The molecule has 0 radical (unpaired) electrons. The van der Waals surface area contributed by atoms with Crippen molar-refractivity contribution >= 4 is 5.91 Å². The van der Waals surface area contributed by atoms with E-state index in [1.54, 1.807) is 0 Å². The highest BCUT2D eigenvalue weighted by atomic mass is 16.5. The van der Waals surface area contributed by atoms with E-state index in [4.69, 9.17) is 4.52 Å². The Bertz CT molecular complexity index is 870. The van der Waals surface area contributed by atoms with Crippen molar-refractivity contribution in [1.29, 1.82) is 0 Å². The van der Waals surface area contributed by atoms with E-state index in [-0.39, 0.29) is 12.5 Å². The maximum atomic E-state index is 12.3. The molecular weight excluding hydrogens is 320 g/mol. The summed E-state index contributed by atoms with van der Waals surface area (Å²) in [5.74, 6) is 0.742. The first kappa shape index (κ1) is 15.5. The van der Waals surface area contributed by atoms with Crippen LogP contribution in [-0.2, 0) is 25.9 Å². The molecule has 1 amide bonds. The number of aromatic nitrogens is 4. The summed E-state index contributed by atoms with van der Waals surface area (Å²) in [6.07, 6.45) is 1.38. The van der Waals surface area contributed by atoms with Crippen LogP contribution < -0.4 is 10.6 Å². The predicted molar refractivity (Wildman–Crippen MR) is 88.7 cm³/mol. The molecule has 3 N–H and O–H groups in total. The quantitative estimate of drug-likeness (QED) is 0.639. The lowest BCUT2D eigenvalue weighted by atomic mass is 10.1. The monoisotopic (exact) mass is 338 g/mol. The van der Waals surface area contributed by atoms with Gasteiger partial charge >= 0.3 is 0 Å². The van der Waals surface area contributed by atoms with Crippen molar-refractivity contribution in [3.63, 3.8) is 0 Å². The Hall–Kier alpha value is -3.00. The first-order valence-corrected chi connectivity index (χ1v) is 8.20. The van der Waals surface area contributed by atoms with Gasteiger partial charge in [0.05, 0.1) is 12.2 Å². The molecule has 0 fully saturated rings. The number of benzene rings is 1. The minimum absolute atomic E-state index is 0.181. The van der Waals surface area contributed by atoms with Gasteiger partial charge in [0.15, 0.2) is 11.5 Å². The molecule has 25 heavy (non-hydrogen) atoms. The molecule has 0 unspecified atom stereocenters. The van der Waals surface area contributed by atoms with Gasteiger partial charge in [-0.15, -0.1) is 0 Å². The standard InChI is InChI=1S/C17H18N6O2/c24-17(16-12-6-7-18-9-13(12)21-22-16)19-10-15-20-14(23-25-15)8-11-4-2-1-3-5-11/h1-5,18H,6-10H2,(H,19,24)(H,21,22). The molecule has 0 aliphatic carbocycles. The highest BCUT2D eigenvalue weighted by Crippen LogP contribution is 2.15. The molecular formula is C17H18N6O2. The zero-order valence-electron chi connectivity index (χ0n) is 13.6. The first-order chi connectivity index (χ1) is 12.3. The Morgan fingerprint density at radius 2 is 2.16 bits per heavy atom. The predicted octanol–water partition coefficient (Wildman–Crippen LogP) is 0.959. The molecule has 4 rings (SSSR count). The lowest BCUT2D eigenvalue weighted by Crippen LogP contribution is -2.27. The Labute approximate surface area is 144 Å². The number of nitrogens with one attached hydrogen (secondary N) is 3. The van der Waals surface area contributed by atoms with Crippen molar-refractivity contribution in [2.75, 3.05) is 6.54 Å². The van der Waals surface area contributed by atoms with Gasteiger partial charge in [-0.2, -0.15) is 10.1 Å². The fraction of sp³-hybridized carbons (Fsp3) is 0.294. The molecule has 8 nitrogen and oxygen atoms in total. The van der Waals surface area contributed by atoms with Gasteiger partial charge in [0.2, 0.25) is 5.89 Å². The molecule has 0 bridgehead atoms. The van der Waals surface area contributed by atoms with E-state index in [0.29, 0.717) is 30.4 Å². The summed E-state index contributed by atoms with van der Waals surface area (Å²) in [6, 6.07) is 9.92. The third-order valence-electron chi connectivity index (χ3n) is 4.14. The molecule has 0 spiro atoms. The number of nitrogens with zero attached hydrogens (tertiary/aromatic N) is 3. The normalized spacial score (nSPS) is 13.4. The number of fused-ring (bicyclic) bond motifs is 1. The van der Waals surface area contributed by atoms with E-state index >= 15 is 0 Å². The van der Waals surface area contributed by atoms with Gasteiger partial charge in [-0.1, -0.05) is 35.5 Å². The molecule has 1 aliphatic heterocycles. The van der Waals surface area contributed by atoms with Crippen molar-refractivity contribution in [3.05, 3.63) is 64.6 Å². The molecule has 3 heterocycles. The second kappa shape index (κ2) is 6.86. The van der Waals surface area contributed by atoms with E-state index in [1.165, 1.54) is 0 Å². The molecule has 0 atom stereocenters. The van der Waals surface area contributed by atoms with Crippen molar-refractivity contribution in [2.24, 2.45) is 0 Å². The minimum atomic E-state index is -0.234. The van der Waals surface area contributed by atoms with Gasteiger partial charge in [0.1, 0.15) is 0 Å². The van der Waals surface area contributed by atoms with Gasteiger partial charge in [-0.05, 0) is 18.5 Å². The summed E-state index contributed by atoms with van der Waals surface area (Å²) in [5.41, 5.74) is 3.50. The molecule has 2 aromatic heterocycles. The van der Waals surface area contributed by atoms with E-state index < -0.39 is 0 Å². The third-order valence-corrected chi connectivity index (χ3v) is 4.14. The van der Waals surface area contributed by atoms with Crippen LogP contribution >= 0.6 is 0 Å². The number of rotatable bonds is 5. The van der Waals surface area contributed by atoms with Crippen molar-refractivity contribution in [2.45, 2.75) is 25.9 Å². The number of hydrogen-bond acceptors (Lipinski definition) is 6. The van der Waals surface area contributed by atoms with Crippen LogP contribution in [0.25, 0.3) is 0 Å². The van der Waals surface area contributed by atoms with Crippen LogP contribution in [0.1, 0.15) is 39.0 Å². The lowest BCUT2D eigenvalue weighted by molar-refractivity contribution is 0.0940. The summed E-state index contributed by atoms with van der Waals surface area (Å²) in [6.45, 7) is 1.74. The maximum absolute atomic E-state index is 12.3. The van der Waals surface area contributed by atoms with Gasteiger partial charge < -0.3 is 15.2 Å². The molecule has 8 heteroatoms. The minimum Gasteiger partial charge on any atom is -0.342 e. The fourth-order valence-electron chi connectivity index (χ4n) is 2.88. The Kier molecular flexibility index (Phi) is 4.26. The largest absolute Gasteiger partial charge is 0.342 e. The van der Waals surface area contributed by atoms with Gasteiger partial charge in [0.25, 0.3) is 5.91 Å². The third kappa shape index (κ3) is 3.43. The fourth-order valence-corrected chi connectivity index (χ4v) is 2.88. The Morgan fingerprint density at radius 3 is 3.04 bits per heavy atom. The van der Waals surface area contributed by atoms with Crippen LogP contribution in [-0.4, -0.2) is 32.8 Å². The number of aromatic amines is 1. The SMILES string of the molecule is O=C(NCc1nc(Cc2ccccc2)no1)c1n[nH]c2c1CCNC2. The van der Waals surface area contributed by atoms with E-state index in [0.717, 1.165) is 29.8 Å². The molecule has 3 aromatic rings. The van der Waals surface area contributed by atoms with Crippen LogP contribution in [0.15, 0.2) is 34.9 Å². The number of amides is 1. The van der Waals surface area contributed by atoms with Crippen molar-refractivity contribution in [1.82, 2.24) is 31.0 Å². The molecule has 128 valence electrons. The summed E-state index contributed by atoms with van der Waals surface area (Å²) in [5, 5.41) is 17.0. The van der Waals surface area contributed by atoms with Gasteiger partial charge in [0, 0.05) is 18.5 Å². The summed E-state index contributed by atoms with van der Waals surface area (Å²) in [7, 11) is 0. The second-order valence-corrected chi connectivity index (χ2v) is 5.91. The van der Waals surface area contributed by atoms with Crippen molar-refractivity contribution < 1.29 is 9.32 Å². The molecule has 1 aliphatic rings. The average Bonchev–Trinajstić information content (AvgIpc) is 3.27. The van der Waals surface area contributed by atoms with Gasteiger partial charge in [-0.25, -0.2) is 0 Å². The number of carbonyl (C=O) groups excluding carboxylic acids is 1. The van der Waals surface area contributed by atoms with E-state index in [9.17, 15) is 4.79 Å². The first-order valence-electron chi connectivity index (χ1n) is 8.20. The summed E-state index contributed by atoms with van der Waals surface area (Å²) >= 11 is 0. The zero-order chi connectivity index (χ0) is 17.1. The van der Waals surface area contributed by atoms with E-state index in [2.05, 4.69) is 31.0 Å². The van der Waals surface area contributed by atoms with Gasteiger partial charge in [-0.3, -0.25) is 9.89 Å². The smallest absolute Gasteiger partial charge is 0.272 e. The van der Waals surface area contributed by atoms with Crippen molar-refractivity contribution in [3.8, 4) is 0 Å². The summed E-state index contributed by atoms with van der Waals surface area (Å²) < 4.78 is 5.20. The average molecular weight is 338 g/mol. The number of carbonyl (C=O) groups is 1.